The molecular formula is C16H21ClN2OS. The molecule has 1 heterocycles. The zero-order valence-electron chi connectivity index (χ0n) is 12.5. The number of likely N-dealkylation sites (N-methyl/N-ethyl adjacent to an activating group) is 1. The van der Waals surface area contributed by atoms with Gasteiger partial charge in [-0.05, 0) is 60.4 Å². The second-order valence-corrected chi connectivity index (χ2v) is 5.95. The summed E-state index contributed by atoms with van der Waals surface area (Å²) < 4.78 is 0. The van der Waals surface area contributed by atoms with E-state index in [1.165, 1.54) is 5.56 Å². The largest absolute Gasteiger partial charge is 0.398 e. The number of carbonyl (C=O) groups excluding carboxylic acids is 1. The quantitative estimate of drug-likeness (QED) is 0.870. The number of nitrogens with zero attached hydrogens (tertiary/aromatic N) is 1. The maximum absolute atomic E-state index is 12.5. The van der Waals surface area contributed by atoms with Gasteiger partial charge >= 0.3 is 0 Å². The molecule has 1 unspecified atom stereocenters. The van der Waals surface area contributed by atoms with E-state index in [9.17, 15) is 4.79 Å². The van der Waals surface area contributed by atoms with Gasteiger partial charge in [-0.1, -0.05) is 6.07 Å². The highest BCUT2D eigenvalue weighted by atomic mass is 35.5. The Morgan fingerprint density at radius 3 is 2.67 bits per heavy atom. The highest BCUT2D eigenvalue weighted by Crippen LogP contribution is 2.17. The van der Waals surface area contributed by atoms with Crippen molar-refractivity contribution in [3.05, 3.63) is 51.7 Å². The summed E-state index contributed by atoms with van der Waals surface area (Å²) in [6.45, 7) is 4.00. The van der Waals surface area contributed by atoms with Gasteiger partial charge in [-0.15, -0.1) is 12.4 Å². The minimum Gasteiger partial charge on any atom is -0.398 e. The van der Waals surface area contributed by atoms with E-state index in [0.717, 1.165) is 12.0 Å². The molecule has 1 aromatic carbocycles. The Bertz CT molecular complexity index is 598. The number of nitrogen functional groups attached to an aromatic ring is 1. The number of carbonyl (C=O) groups is 1. The molecule has 0 aliphatic rings. The molecule has 5 heteroatoms. The van der Waals surface area contributed by atoms with Crippen LogP contribution >= 0.6 is 23.7 Å². The Morgan fingerprint density at radius 1 is 1.38 bits per heavy atom. The Kier molecular flexibility index (Phi) is 6.24. The zero-order chi connectivity index (χ0) is 14.7. The number of nitrogens with two attached hydrogens (primary N) is 1. The first-order valence-electron chi connectivity index (χ1n) is 6.63. The number of rotatable bonds is 4. The highest BCUT2D eigenvalue weighted by Gasteiger charge is 2.18. The van der Waals surface area contributed by atoms with Crippen LogP contribution in [0.15, 0.2) is 35.0 Å². The first-order valence-corrected chi connectivity index (χ1v) is 7.57. The summed E-state index contributed by atoms with van der Waals surface area (Å²) in [5, 5.41) is 4.18. The third kappa shape index (κ3) is 4.22. The van der Waals surface area contributed by atoms with Crippen LogP contribution in [0, 0.1) is 6.92 Å². The lowest BCUT2D eigenvalue weighted by Gasteiger charge is -2.25. The maximum atomic E-state index is 12.5. The van der Waals surface area contributed by atoms with Crippen molar-refractivity contribution in [3.63, 3.8) is 0 Å². The topological polar surface area (TPSA) is 46.3 Å². The second-order valence-electron chi connectivity index (χ2n) is 5.17. The van der Waals surface area contributed by atoms with Crippen LogP contribution in [0.1, 0.15) is 28.4 Å². The van der Waals surface area contributed by atoms with Crippen LogP contribution in [0.5, 0.6) is 0 Å². The molecule has 0 aliphatic heterocycles. The monoisotopic (exact) mass is 324 g/mol. The number of halogens is 1. The Labute approximate surface area is 136 Å². The molecule has 1 aromatic heterocycles. The average Bonchev–Trinajstić information content (AvgIpc) is 2.93. The standard InChI is InChI=1S/C16H20N2OS.ClH/c1-11-4-5-14(9-15(11)17)16(19)18(3)12(2)8-13-6-7-20-10-13;/h4-7,9-10,12H,8,17H2,1-3H3;1H. The number of amides is 1. The van der Waals surface area contributed by atoms with Crippen molar-refractivity contribution in [2.75, 3.05) is 12.8 Å². The third-order valence-electron chi connectivity index (χ3n) is 3.62. The van der Waals surface area contributed by atoms with Crippen LogP contribution < -0.4 is 5.73 Å². The molecule has 2 aromatic rings. The molecule has 3 nitrogen and oxygen atoms in total. The Balaban J connectivity index is 0.00000220. The molecule has 0 bridgehead atoms. The van der Waals surface area contributed by atoms with Crippen LogP contribution in [0.4, 0.5) is 5.69 Å². The van der Waals surface area contributed by atoms with E-state index in [1.54, 1.807) is 22.3 Å². The lowest BCUT2D eigenvalue weighted by Crippen LogP contribution is -2.36. The maximum Gasteiger partial charge on any atom is 0.253 e. The summed E-state index contributed by atoms with van der Waals surface area (Å²) >= 11 is 1.68. The van der Waals surface area contributed by atoms with Crippen LogP contribution in [0.3, 0.4) is 0 Å². The highest BCUT2D eigenvalue weighted by molar-refractivity contribution is 7.07. The van der Waals surface area contributed by atoms with E-state index in [2.05, 4.69) is 23.8 Å². The van der Waals surface area contributed by atoms with Crippen LogP contribution in [-0.4, -0.2) is 23.9 Å². The molecule has 2 rings (SSSR count). The lowest BCUT2D eigenvalue weighted by atomic mass is 10.1. The van der Waals surface area contributed by atoms with E-state index in [4.69, 9.17) is 5.73 Å². The van der Waals surface area contributed by atoms with Gasteiger partial charge in [0.25, 0.3) is 5.91 Å². The summed E-state index contributed by atoms with van der Waals surface area (Å²) in [5.74, 6) is 0.0134. The van der Waals surface area contributed by atoms with E-state index >= 15 is 0 Å². The third-order valence-corrected chi connectivity index (χ3v) is 4.35. The van der Waals surface area contributed by atoms with Crippen molar-refractivity contribution in [2.45, 2.75) is 26.3 Å². The van der Waals surface area contributed by atoms with Crippen molar-refractivity contribution in [2.24, 2.45) is 0 Å². The number of aryl methyl sites for hydroxylation is 1. The Hall–Kier alpha value is -1.52. The van der Waals surface area contributed by atoms with Crippen molar-refractivity contribution in [3.8, 4) is 0 Å². The number of hydrogen-bond donors (Lipinski definition) is 1. The van der Waals surface area contributed by atoms with Crippen molar-refractivity contribution >= 4 is 35.3 Å². The predicted octanol–water partition coefficient (Wildman–Crippen LogP) is 3.76. The number of anilines is 1. The van der Waals surface area contributed by atoms with Gasteiger partial charge in [0, 0.05) is 24.3 Å². The van der Waals surface area contributed by atoms with Gasteiger partial charge in [0.05, 0.1) is 0 Å². The molecule has 0 fully saturated rings. The van der Waals surface area contributed by atoms with Crippen molar-refractivity contribution in [1.29, 1.82) is 0 Å². The predicted molar refractivity (Wildman–Crippen MR) is 92.4 cm³/mol. The minimum absolute atomic E-state index is 0. The van der Waals surface area contributed by atoms with Gasteiger partial charge < -0.3 is 10.6 Å². The molecule has 1 atom stereocenters. The molecular weight excluding hydrogens is 304 g/mol. The zero-order valence-corrected chi connectivity index (χ0v) is 14.1. The fourth-order valence-electron chi connectivity index (χ4n) is 2.06. The van der Waals surface area contributed by atoms with Gasteiger partial charge in [0.1, 0.15) is 0 Å². The van der Waals surface area contributed by atoms with E-state index in [1.807, 2.05) is 26.1 Å². The summed E-state index contributed by atoms with van der Waals surface area (Å²) in [6, 6.07) is 7.73. The fourth-order valence-corrected chi connectivity index (χ4v) is 2.75. The van der Waals surface area contributed by atoms with Crippen molar-refractivity contribution < 1.29 is 4.79 Å². The van der Waals surface area contributed by atoms with Crippen LogP contribution in [0.25, 0.3) is 0 Å². The van der Waals surface area contributed by atoms with Crippen LogP contribution in [0.2, 0.25) is 0 Å². The summed E-state index contributed by atoms with van der Waals surface area (Å²) in [7, 11) is 1.84. The summed E-state index contributed by atoms with van der Waals surface area (Å²) in [4.78, 5) is 14.2. The second kappa shape index (κ2) is 7.48. The molecule has 1 amide bonds. The molecule has 2 N–H and O–H groups in total. The van der Waals surface area contributed by atoms with Gasteiger partial charge in [0.15, 0.2) is 0 Å². The molecule has 0 saturated carbocycles. The smallest absolute Gasteiger partial charge is 0.253 e. The molecule has 0 radical (unpaired) electrons. The lowest BCUT2D eigenvalue weighted by molar-refractivity contribution is 0.0743. The van der Waals surface area contributed by atoms with Gasteiger partial charge in [-0.25, -0.2) is 0 Å². The van der Waals surface area contributed by atoms with E-state index < -0.39 is 0 Å². The molecule has 21 heavy (non-hydrogen) atoms. The van der Waals surface area contributed by atoms with Gasteiger partial charge in [-0.3, -0.25) is 4.79 Å². The van der Waals surface area contributed by atoms with Crippen molar-refractivity contribution in [1.82, 2.24) is 4.90 Å². The number of hydrogen-bond acceptors (Lipinski definition) is 3. The first kappa shape index (κ1) is 17.5. The molecule has 0 spiro atoms. The van der Waals surface area contributed by atoms with Gasteiger partial charge in [-0.2, -0.15) is 11.3 Å². The Morgan fingerprint density at radius 2 is 2.10 bits per heavy atom. The molecule has 0 aliphatic carbocycles. The number of benzene rings is 1. The summed E-state index contributed by atoms with van der Waals surface area (Å²) in [5.41, 5.74) is 9.45. The van der Waals surface area contributed by atoms with Crippen LogP contribution in [-0.2, 0) is 6.42 Å². The van der Waals surface area contributed by atoms with Gasteiger partial charge in [0.2, 0.25) is 0 Å². The minimum atomic E-state index is 0. The molecule has 114 valence electrons. The van der Waals surface area contributed by atoms with E-state index in [-0.39, 0.29) is 24.4 Å². The SMILES string of the molecule is Cc1ccc(C(=O)N(C)C(C)Cc2ccsc2)cc1N.Cl. The number of thiophene rings is 1. The first-order chi connectivity index (χ1) is 9.49. The summed E-state index contributed by atoms with van der Waals surface area (Å²) in [6.07, 6.45) is 0.868. The average molecular weight is 325 g/mol. The normalized spacial score (nSPS) is 11.6. The fraction of sp³-hybridized carbons (Fsp3) is 0.312. The van der Waals surface area contributed by atoms with E-state index in [0.29, 0.717) is 11.3 Å². The molecule has 0 saturated heterocycles.